The van der Waals surface area contributed by atoms with Crippen molar-refractivity contribution in [2.24, 2.45) is 40.4 Å². The van der Waals surface area contributed by atoms with Crippen LogP contribution in [0.25, 0.3) is 0 Å². The van der Waals surface area contributed by atoms with Gasteiger partial charge in [0.25, 0.3) is 0 Å². The Bertz CT molecular complexity index is 690. The van der Waals surface area contributed by atoms with Crippen LogP contribution in [0.3, 0.4) is 0 Å². The molecule has 1 N–H and O–H groups in total. The van der Waals surface area contributed by atoms with E-state index in [2.05, 4.69) is 20.8 Å². The summed E-state index contributed by atoms with van der Waals surface area (Å²) in [5, 5.41) is 11.3. The topological polar surface area (TPSA) is 54.4 Å². The number of ketones is 2. The van der Waals surface area contributed by atoms with E-state index in [9.17, 15) is 14.7 Å². The Morgan fingerprint density at radius 2 is 1.88 bits per heavy atom. The van der Waals surface area contributed by atoms with Gasteiger partial charge in [-0.1, -0.05) is 20.8 Å². The van der Waals surface area contributed by atoms with Crippen molar-refractivity contribution >= 4 is 11.6 Å². The summed E-state index contributed by atoms with van der Waals surface area (Å²) in [4.78, 5) is 24.5. The Labute approximate surface area is 157 Å². The van der Waals surface area contributed by atoms with Gasteiger partial charge in [0.2, 0.25) is 0 Å². The zero-order valence-electron chi connectivity index (χ0n) is 17.0. The van der Waals surface area contributed by atoms with Crippen LogP contribution < -0.4 is 0 Å². The van der Waals surface area contributed by atoms with Crippen molar-refractivity contribution in [3.05, 3.63) is 11.6 Å². The molecular weight excluding hydrogens is 324 g/mol. The van der Waals surface area contributed by atoms with E-state index in [1.807, 2.05) is 6.92 Å². The molecule has 4 aliphatic rings. The second-order valence-corrected chi connectivity index (χ2v) is 10.6. The largest absolute Gasteiger partial charge is 0.386 e. The van der Waals surface area contributed by atoms with Gasteiger partial charge in [0.05, 0.1) is 5.60 Å². The average molecular weight is 359 g/mol. The van der Waals surface area contributed by atoms with E-state index in [0.29, 0.717) is 35.9 Å². The first-order chi connectivity index (χ1) is 12.0. The van der Waals surface area contributed by atoms with Crippen LogP contribution in [0, 0.1) is 40.4 Å². The third-order valence-electron chi connectivity index (χ3n) is 9.06. The van der Waals surface area contributed by atoms with Gasteiger partial charge in [0, 0.05) is 12.3 Å². The molecule has 144 valence electrons. The highest BCUT2D eigenvalue weighted by atomic mass is 16.3. The minimum atomic E-state index is -0.901. The summed E-state index contributed by atoms with van der Waals surface area (Å²) in [6, 6.07) is 0. The maximum atomic E-state index is 12.4. The van der Waals surface area contributed by atoms with Gasteiger partial charge in [-0.05, 0) is 92.1 Å². The molecule has 0 aromatic heterocycles. The fourth-order valence-corrected chi connectivity index (χ4v) is 8.23. The van der Waals surface area contributed by atoms with Crippen molar-refractivity contribution < 1.29 is 14.7 Å². The Morgan fingerprint density at radius 3 is 2.54 bits per heavy atom. The molecule has 0 unspecified atom stereocenters. The number of carbonyl (C=O) groups is 2. The lowest BCUT2D eigenvalue weighted by atomic mass is 9.44. The van der Waals surface area contributed by atoms with E-state index in [4.69, 9.17) is 0 Å². The normalized spacial score (nSPS) is 53.4. The zero-order chi connectivity index (χ0) is 19.1. The number of hydrogen-bond acceptors (Lipinski definition) is 3. The number of carbonyl (C=O) groups excluding carboxylic acids is 2. The highest BCUT2D eigenvalue weighted by Gasteiger charge is 2.64. The number of Topliss-reactive ketones (excluding diaryl/α,β-unsaturated/α-hetero) is 1. The van der Waals surface area contributed by atoms with Crippen molar-refractivity contribution in [3.63, 3.8) is 0 Å². The number of rotatable bonds is 1. The van der Waals surface area contributed by atoms with Crippen LogP contribution in [-0.2, 0) is 9.59 Å². The first kappa shape index (κ1) is 18.4. The van der Waals surface area contributed by atoms with Crippen LogP contribution in [0.5, 0.6) is 0 Å². The van der Waals surface area contributed by atoms with Crippen LogP contribution in [0.15, 0.2) is 11.6 Å². The minimum Gasteiger partial charge on any atom is -0.386 e. The van der Waals surface area contributed by atoms with E-state index < -0.39 is 5.60 Å². The summed E-state index contributed by atoms with van der Waals surface area (Å²) >= 11 is 0. The highest BCUT2D eigenvalue weighted by Crippen LogP contribution is 2.69. The van der Waals surface area contributed by atoms with Crippen molar-refractivity contribution in [1.82, 2.24) is 0 Å². The summed E-state index contributed by atoms with van der Waals surface area (Å²) in [5.74, 6) is 2.60. The molecule has 0 bridgehead atoms. The number of hydrogen-bond donors (Lipinski definition) is 1. The first-order valence-corrected chi connectivity index (χ1v) is 10.5. The van der Waals surface area contributed by atoms with Crippen LogP contribution in [0.4, 0.5) is 0 Å². The molecule has 3 fully saturated rings. The van der Waals surface area contributed by atoms with Gasteiger partial charge < -0.3 is 5.11 Å². The Balaban J connectivity index is 1.77. The minimum absolute atomic E-state index is 0.0702. The highest BCUT2D eigenvalue weighted by molar-refractivity contribution is 5.92. The van der Waals surface area contributed by atoms with Crippen LogP contribution in [-0.4, -0.2) is 22.3 Å². The number of fused-ring (bicyclic) bond motifs is 5. The summed E-state index contributed by atoms with van der Waals surface area (Å²) < 4.78 is 0. The van der Waals surface area contributed by atoms with Gasteiger partial charge in [-0.2, -0.15) is 0 Å². The third-order valence-corrected chi connectivity index (χ3v) is 9.06. The molecule has 4 aliphatic carbocycles. The molecule has 3 nitrogen and oxygen atoms in total. The van der Waals surface area contributed by atoms with Gasteiger partial charge in [0.1, 0.15) is 5.78 Å². The van der Waals surface area contributed by atoms with E-state index in [0.717, 1.165) is 37.7 Å². The Kier molecular flexibility index (Phi) is 3.91. The predicted molar refractivity (Wildman–Crippen MR) is 101 cm³/mol. The van der Waals surface area contributed by atoms with Gasteiger partial charge in [-0.25, -0.2) is 0 Å². The molecule has 0 aromatic rings. The van der Waals surface area contributed by atoms with Gasteiger partial charge >= 0.3 is 0 Å². The Morgan fingerprint density at radius 1 is 1.19 bits per heavy atom. The molecule has 8 atom stereocenters. The summed E-state index contributed by atoms with van der Waals surface area (Å²) in [7, 11) is 0. The third kappa shape index (κ3) is 2.28. The van der Waals surface area contributed by atoms with E-state index in [1.54, 1.807) is 13.0 Å². The lowest BCUT2D eigenvalue weighted by Crippen LogP contribution is -2.57. The molecule has 3 saturated carbocycles. The van der Waals surface area contributed by atoms with Gasteiger partial charge in [-0.3, -0.25) is 9.59 Å². The van der Waals surface area contributed by atoms with Crippen molar-refractivity contribution in [3.8, 4) is 0 Å². The lowest BCUT2D eigenvalue weighted by Gasteiger charge is -2.61. The molecule has 26 heavy (non-hydrogen) atoms. The van der Waals surface area contributed by atoms with Crippen LogP contribution in [0.2, 0.25) is 0 Å². The quantitative estimate of drug-likeness (QED) is 0.759. The Hall–Kier alpha value is -0.960. The van der Waals surface area contributed by atoms with Crippen LogP contribution >= 0.6 is 0 Å². The average Bonchev–Trinajstić information content (AvgIpc) is 2.79. The van der Waals surface area contributed by atoms with Crippen molar-refractivity contribution in [1.29, 1.82) is 0 Å². The molecule has 4 rings (SSSR count). The summed E-state index contributed by atoms with van der Waals surface area (Å²) in [6.45, 7) is 10.6. The second-order valence-electron chi connectivity index (χ2n) is 10.6. The molecular formula is C23H34O3. The van der Waals surface area contributed by atoms with Crippen LogP contribution in [0.1, 0.15) is 73.1 Å². The van der Waals surface area contributed by atoms with Gasteiger partial charge in [0.15, 0.2) is 5.78 Å². The van der Waals surface area contributed by atoms with E-state index in [1.165, 1.54) is 0 Å². The van der Waals surface area contributed by atoms with Gasteiger partial charge in [-0.15, -0.1) is 0 Å². The smallest absolute Gasteiger partial charge is 0.155 e. The predicted octanol–water partition coefficient (Wildman–Crippen LogP) is 4.33. The molecule has 0 aliphatic heterocycles. The standard InChI is InChI=1S/C23H34O3/c1-13-10-18-16-12-23(5,26)19-11-15(25)6-8-21(19,3)17(16)7-9-22(18,4)20(13)14(2)24/h11,13,16-18,20,26H,6-10,12H2,1-5H3/t13-,16-,17+,18+,20-,21-,22+,23+/m1/s1. The summed E-state index contributed by atoms with van der Waals surface area (Å²) in [5.41, 5.74) is 0.0891. The van der Waals surface area contributed by atoms with E-state index in [-0.39, 0.29) is 22.5 Å². The molecule has 0 saturated heterocycles. The van der Waals surface area contributed by atoms with Crippen molar-refractivity contribution in [2.45, 2.75) is 78.7 Å². The van der Waals surface area contributed by atoms with Crippen molar-refractivity contribution in [2.75, 3.05) is 0 Å². The monoisotopic (exact) mass is 358 g/mol. The molecule has 0 heterocycles. The molecule has 3 heteroatoms. The first-order valence-electron chi connectivity index (χ1n) is 10.5. The number of aliphatic hydroxyl groups is 1. The second kappa shape index (κ2) is 5.53. The SMILES string of the molecule is CC(=O)[C@H]1[C@H](C)C[C@H]2[C@@H]3C[C@](C)(O)C4=CC(=O)CC[C@]4(C)[C@H]3CC[C@@]21C. The maximum Gasteiger partial charge on any atom is 0.155 e. The fourth-order valence-electron chi connectivity index (χ4n) is 8.23. The summed E-state index contributed by atoms with van der Waals surface area (Å²) in [6.07, 6.45) is 7.30. The fraction of sp³-hybridized carbons (Fsp3) is 0.826. The molecule has 0 spiro atoms. The lowest BCUT2D eigenvalue weighted by molar-refractivity contribution is -0.135. The zero-order valence-corrected chi connectivity index (χ0v) is 17.0. The molecule has 0 aromatic carbocycles. The maximum absolute atomic E-state index is 12.4. The van der Waals surface area contributed by atoms with E-state index >= 15 is 0 Å². The molecule has 0 amide bonds. The molecule has 0 radical (unpaired) electrons.